The molecule has 0 spiro atoms. The van der Waals surface area contributed by atoms with Crippen molar-refractivity contribution in [2.45, 2.75) is 32.9 Å². The SMILES string of the molecule is CC(C)Oc1cccnc1N1CCOCC1C. The average Bonchev–Trinajstić information content (AvgIpc) is 2.30. The van der Waals surface area contributed by atoms with Crippen molar-refractivity contribution in [2.24, 2.45) is 0 Å². The third kappa shape index (κ3) is 2.88. The fourth-order valence-electron chi connectivity index (χ4n) is 1.99. The molecule has 0 bridgehead atoms. The third-order valence-electron chi connectivity index (χ3n) is 2.75. The van der Waals surface area contributed by atoms with Crippen LogP contribution in [0, 0.1) is 0 Å². The summed E-state index contributed by atoms with van der Waals surface area (Å²) in [5, 5.41) is 0. The summed E-state index contributed by atoms with van der Waals surface area (Å²) in [4.78, 5) is 6.70. The Morgan fingerprint density at radius 1 is 1.53 bits per heavy atom. The van der Waals surface area contributed by atoms with Gasteiger partial charge in [-0.3, -0.25) is 0 Å². The molecule has 2 rings (SSSR count). The molecule has 17 heavy (non-hydrogen) atoms. The molecule has 0 amide bonds. The van der Waals surface area contributed by atoms with Crippen LogP contribution < -0.4 is 9.64 Å². The van der Waals surface area contributed by atoms with Crippen LogP contribution in [-0.4, -0.2) is 36.9 Å². The van der Waals surface area contributed by atoms with Crippen LogP contribution in [0.1, 0.15) is 20.8 Å². The van der Waals surface area contributed by atoms with Crippen LogP contribution in [0.5, 0.6) is 5.75 Å². The van der Waals surface area contributed by atoms with E-state index in [-0.39, 0.29) is 6.10 Å². The van der Waals surface area contributed by atoms with Gasteiger partial charge in [-0.25, -0.2) is 4.98 Å². The number of anilines is 1. The molecule has 0 N–H and O–H groups in total. The van der Waals surface area contributed by atoms with E-state index < -0.39 is 0 Å². The van der Waals surface area contributed by atoms with Crippen LogP contribution in [-0.2, 0) is 4.74 Å². The fraction of sp³-hybridized carbons (Fsp3) is 0.615. The van der Waals surface area contributed by atoms with Gasteiger partial charge in [0.2, 0.25) is 0 Å². The zero-order valence-electron chi connectivity index (χ0n) is 10.7. The lowest BCUT2D eigenvalue weighted by Gasteiger charge is -2.35. The Bertz CT molecular complexity index is 368. The van der Waals surface area contributed by atoms with E-state index in [9.17, 15) is 0 Å². The summed E-state index contributed by atoms with van der Waals surface area (Å²) in [5.41, 5.74) is 0. The summed E-state index contributed by atoms with van der Waals surface area (Å²) in [5.74, 6) is 1.79. The molecule has 1 saturated heterocycles. The lowest BCUT2D eigenvalue weighted by Crippen LogP contribution is -2.44. The molecular formula is C13H20N2O2. The van der Waals surface area contributed by atoms with Crippen LogP contribution in [0.25, 0.3) is 0 Å². The first kappa shape index (κ1) is 12.2. The van der Waals surface area contributed by atoms with Gasteiger partial charge in [0.1, 0.15) is 0 Å². The Kier molecular flexibility index (Phi) is 3.84. The fourth-order valence-corrected chi connectivity index (χ4v) is 1.99. The predicted octanol–water partition coefficient (Wildman–Crippen LogP) is 2.09. The van der Waals surface area contributed by atoms with Crippen molar-refractivity contribution in [3.63, 3.8) is 0 Å². The van der Waals surface area contributed by atoms with E-state index in [1.807, 2.05) is 32.2 Å². The number of morpholine rings is 1. The number of aromatic nitrogens is 1. The maximum atomic E-state index is 5.80. The summed E-state index contributed by atoms with van der Waals surface area (Å²) in [6.07, 6.45) is 1.97. The second kappa shape index (κ2) is 5.36. The minimum absolute atomic E-state index is 0.161. The number of hydrogen-bond donors (Lipinski definition) is 0. The monoisotopic (exact) mass is 236 g/mol. The first-order chi connectivity index (χ1) is 8.18. The number of ether oxygens (including phenoxy) is 2. The summed E-state index contributed by atoms with van der Waals surface area (Å²) in [6, 6.07) is 4.23. The molecule has 1 aromatic heterocycles. The van der Waals surface area contributed by atoms with Gasteiger partial charge >= 0.3 is 0 Å². The summed E-state index contributed by atoms with van der Waals surface area (Å²) in [6.45, 7) is 8.57. The number of hydrogen-bond acceptors (Lipinski definition) is 4. The summed E-state index contributed by atoms with van der Waals surface area (Å²) in [7, 11) is 0. The van der Waals surface area contributed by atoms with Crippen molar-refractivity contribution < 1.29 is 9.47 Å². The lowest BCUT2D eigenvalue weighted by atomic mass is 10.2. The Morgan fingerprint density at radius 3 is 3.06 bits per heavy atom. The highest BCUT2D eigenvalue weighted by Gasteiger charge is 2.23. The Labute approximate surface area is 103 Å². The molecule has 0 radical (unpaired) electrons. The van der Waals surface area contributed by atoms with E-state index in [4.69, 9.17) is 9.47 Å². The molecule has 0 saturated carbocycles. The van der Waals surface area contributed by atoms with Gasteiger partial charge < -0.3 is 14.4 Å². The van der Waals surface area contributed by atoms with Gasteiger partial charge in [0.25, 0.3) is 0 Å². The van der Waals surface area contributed by atoms with Gasteiger partial charge in [-0.05, 0) is 32.9 Å². The van der Waals surface area contributed by atoms with E-state index in [0.29, 0.717) is 6.04 Å². The molecule has 1 aliphatic heterocycles. The highest BCUT2D eigenvalue weighted by molar-refractivity contribution is 5.53. The van der Waals surface area contributed by atoms with Gasteiger partial charge in [-0.15, -0.1) is 0 Å². The molecule has 1 aromatic rings. The highest BCUT2D eigenvalue weighted by Crippen LogP contribution is 2.28. The zero-order chi connectivity index (χ0) is 12.3. The van der Waals surface area contributed by atoms with E-state index in [1.165, 1.54) is 0 Å². The highest BCUT2D eigenvalue weighted by atomic mass is 16.5. The smallest absolute Gasteiger partial charge is 0.171 e. The molecule has 4 heteroatoms. The Balaban J connectivity index is 2.23. The number of pyridine rings is 1. The molecule has 1 atom stereocenters. The van der Waals surface area contributed by atoms with Crippen molar-refractivity contribution in [1.82, 2.24) is 4.98 Å². The molecule has 4 nitrogen and oxygen atoms in total. The first-order valence-corrected chi connectivity index (χ1v) is 6.14. The van der Waals surface area contributed by atoms with Gasteiger partial charge in [0, 0.05) is 12.7 Å². The molecule has 2 heterocycles. The van der Waals surface area contributed by atoms with Crippen LogP contribution in [0.15, 0.2) is 18.3 Å². The minimum atomic E-state index is 0.161. The topological polar surface area (TPSA) is 34.6 Å². The molecule has 0 aliphatic carbocycles. The van der Waals surface area contributed by atoms with Crippen molar-refractivity contribution in [1.29, 1.82) is 0 Å². The average molecular weight is 236 g/mol. The van der Waals surface area contributed by atoms with E-state index in [2.05, 4.69) is 16.8 Å². The molecule has 1 aliphatic rings. The van der Waals surface area contributed by atoms with E-state index in [1.54, 1.807) is 0 Å². The standard InChI is InChI=1S/C13H20N2O2/c1-10(2)17-12-5-4-6-14-13(12)15-7-8-16-9-11(15)3/h4-6,10-11H,7-9H2,1-3H3. The van der Waals surface area contributed by atoms with Crippen molar-refractivity contribution in [2.75, 3.05) is 24.7 Å². The molecule has 1 unspecified atom stereocenters. The second-order valence-electron chi connectivity index (χ2n) is 4.61. The van der Waals surface area contributed by atoms with Gasteiger partial charge in [0.05, 0.1) is 25.4 Å². The van der Waals surface area contributed by atoms with Crippen molar-refractivity contribution in [3.8, 4) is 5.75 Å². The number of nitrogens with zero attached hydrogens (tertiary/aromatic N) is 2. The molecule has 1 fully saturated rings. The lowest BCUT2D eigenvalue weighted by molar-refractivity contribution is 0.0979. The molecule has 0 aromatic carbocycles. The van der Waals surface area contributed by atoms with Gasteiger partial charge in [0.15, 0.2) is 11.6 Å². The molecule has 94 valence electrons. The summed E-state index contributed by atoms with van der Waals surface area (Å²) >= 11 is 0. The normalized spacial score (nSPS) is 20.7. The van der Waals surface area contributed by atoms with E-state index >= 15 is 0 Å². The van der Waals surface area contributed by atoms with Crippen LogP contribution in [0.3, 0.4) is 0 Å². The van der Waals surface area contributed by atoms with Crippen LogP contribution in [0.4, 0.5) is 5.82 Å². The predicted molar refractivity (Wildman–Crippen MR) is 67.6 cm³/mol. The first-order valence-electron chi connectivity index (χ1n) is 6.14. The second-order valence-corrected chi connectivity index (χ2v) is 4.61. The maximum Gasteiger partial charge on any atom is 0.171 e. The zero-order valence-corrected chi connectivity index (χ0v) is 10.7. The largest absolute Gasteiger partial charge is 0.487 e. The van der Waals surface area contributed by atoms with Crippen molar-refractivity contribution >= 4 is 5.82 Å². The quantitative estimate of drug-likeness (QED) is 0.805. The summed E-state index contributed by atoms with van der Waals surface area (Å²) < 4.78 is 11.2. The maximum absolute atomic E-state index is 5.80. The van der Waals surface area contributed by atoms with Crippen LogP contribution in [0.2, 0.25) is 0 Å². The Morgan fingerprint density at radius 2 is 2.35 bits per heavy atom. The van der Waals surface area contributed by atoms with Crippen LogP contribution >= 0.6 is 0 Å². The Hall–Kier alpha value is -1.29. The number of rotatable bonds is 3. The van der Waals surface area contributed by atoms with Crippen molar-refractivity contribution in [3.05, 3.63) is 18.3 Å². The molecular weight excluding hydrogens is 216 g/mol. The third-order valence-corrected chi connectivity index (χ3v) is 2.75. The minimum Gasteiger partial charge on any atom is -0.487 e. The van der Waals surface area contributed by atoms with E-state index in [0.717, 1.165) is 31.3 Å². The van der Waals surface area contributed by atoms with Gasteiger partial charge in [-0.2, -0.15) is 0 Å². The van der Waals surface area contributed by atoms with Gasteiger partial charge in [-0.1, -0.05) is 0 Å².